The SMILES string of the molecule is CCC(C)C(=O)OCCOC(=O)C(F)(F)C(F)(F)C(F)(F)C(=O)OC. The fourth-order valence-electron chi connectivity index (χ4n) is 1.26. The predicted octanol–water partition coefficient (Wildman–Crippen LogP) is 2.20. The minimum atomic E-state index is -6.41. The van der Waals surface area contributed by atoms with Gasteiger partial charge in [0.05, 0.1) is 13.0 Å². The summed E-state index contributed by atoms with van der Waals surface area (Å²) in [6, 6.07) is 0. The van der Waals surface area contributed by atoms with Crippen LogP contribution in [-0.4, -0.2) is 56.0 Å². The number of alkyl halides is 6. The van der Waals surface area contributed by atoms with Crippen LogP contribution < -0.4 is 0 Å². The molecule has 0 heterocycles. The molecule has 0 radical (unpaired) electrons. The highest BCUT2D eigenvalue weighted by atomic mass is 19.3. The largest absolute Gasteiger partial charge is 0.464 e. The number of rotatable bonds is 9. The molecule has 0 aliphatic heterocycles. The quantitative estimate of drug-likeness (QED) is 0.263. The Hall–Kier alpha value is -2.01. The Morgan fingerprint density at radius 2 is 1.32 bits per heavy atom. The fourth-order valence-corrected chi connectivity index (χ4v) is 1.26. The summed E-state index contributed by atoms with van der Waals surface area (Å²) < 4.78 is 90.9. The van der Waals surface area contributed by atoms with Crippen molar-refractivity contribution in [1.82, 2.24) is 0 Å². The van der Waals surface area contributed by atoms with Gasteiger partial charge in [0, 0.05) is 0 Å². The summed E-state index contributed by atoms with van der Waals surface area (Å²) in [6.07, 6.45) is 0.394. The summed E-state index contributed by atoms with van der Waals surface area (Å²) in [5, 5.41) is 0. The van der Waals surface area contributed by atoms with E-state index in [0.717, 1.165) is 0 Å². The van der Waals surface area contributed by atoms with Crippen LogP contribution in [0.4, 0.5) is 26.3 Å². The van der Waals surface area contributed by atoms with Gasteiger partial charge in [0.2, 0.25) is 0 Å². The van der Waals surface area contributed by atoms with Crippen molar-refractivity contribution < 1.29 is 54.9 Å². The van der Waals surface area contributed by atoms with E-state index in [1.807, 2.05) is 0 Å². The summed E-state index contributed by atoms with van der Waals surface area (Å²) >= 11 is 0. The van der Waals surface area contributed by atoms with Gasteiger partial charge in [-0.1, -0.05) is 13.8 Å². The molecule has 0 N–H and O–H groups in total. The number of hydrogen-bond donors (Lipinski definition) is 0. The maximum absolute atomic E-state index is 13.3. The zero-order valence-corrected chi connectivity index (χ0v) is 13.4. The number of halogens is 6. The molecule has 12 heteroatoms. The van der Waals surface area contributed by atoms with E-state index in [1.165, 1.54) is 6.92 Å². The van der Waals surface area contributed by atoms with Crippen LogP contribution in [0.25, 0.3) is 0 Å². The molecule has 6 nitrogen and oxygen atoms in total. The average Bonchev–Trinajstić information content (AvgIpc) is 2.55. The van der Waals surface area contributed by atoms with Crippen LogP contribution in [0.3, 0.4) is 0 Å². The van der Waals surface area contributed by atoms with Gasteiger partial charge in [-0.05, 0) is 6.42 Å². The molecule has 146 valence electrons. The number of methoxy groups -OCH3 is 1. The normalized spacial score (nSPS) is 13.8. The molecule has 0 fully saturated rings. The van der Waals surface area contributed by atoms with Gasteiger partial charge in [-0.2, -0.15) is 26.3 Å². The monoisotopic (exact) mass is 382 g/mol. The summed E-state index contributed by atoms with van der Waals surface area (Å²) in [4.78, 5) is 32.8. The second-order valence-electron chi connectivity index (χ2n) is 4.83. The Morgan fingerprint density at radius 1 is 0.880 bits per heavy atom. The summed E-state index contributed by atoms with van der Waals surface area (Å²) in [5.41, 5.74) is 0. The van der Waals surface area contributed by atoms with Crippen molar-refractivity contribution in [2.45, 2.75) is 38.0 Å². The van der Waals surface area contributed by atoms with Crippen molar-refractivity contribution in [3.8, 4) is 0 Å². The maximum Gasteiger partial charge on any atom is 0.411 e. The molecule has 0 amide bonds. The highest BCUT2D eigenvalue weighted by Crippen LogP contribution is 2.46. The lowest BCUT2D eigenvalue weighted by atomic mass is 10.0. The van der Waals surface area contributed by atoms with Crippen molar-refractivity contribution in [1.29, 1.82) is 0 Å². The van der Waals surface area contributed by atoms with Gasteiger partial charge in [0.15, 0.2) is 0 Å². The van der Waals surface area contributed by atoms with Gasteiger partial charge in [-0.15, -0.1) is 0 Å². The Labute approximate surface area is 138 Å². The lowest BCUT2D eigenvalue weighted by Gasteiger charge is -2.29. The third-order valence-electron chi connectivity index (χ3n) is 3.06. The number of esters is 3. The maximum atomic E-state index is 13.3. The van der Waals surface area contributed by atoms with Gasteiger partial charge in [-0.3, -0.25) is 4.79 Å². The van der Waals surface area contributed by atoms with E-state index in [0.29, 0.717) is 6.42 Å². The number of ether oxygens (including phenoxy) is 3. The molecule has 25 heavy (non-hydrogen) atoms. The fraction of sp³-hybridized carbons (Fsp3) is 0.769. The summed E-state index contributed by atoms with van der Waals surface area (Å²) in [7, 11) is 0.272. The molecule has 0 aromatic carbocycles. The van der Waals surface area contributed by atoms with Crippen LogP contribution in [-0.2, 0) is 28.6 Å². The van der Waals surface area contributed by atoms with Gasteiger partial charge in [0.1, 0.15) is 13.2 Å². The van der Waals surface area contributed by atoms with Gasteiger partial charge in [-0.25, -0.2) is 9.59 Å². The molecule has 0 bridgehead atoms. The zero-order chi connectivity index (χ0) is 20.1. The smallest absolute Gasteiger partial charge is 0.411 e. The van der Waals surface area contributed by atoms with Crippen LogP contribution in [0.5, 0.6) is 0 Å². The van der Waals surface area contributed by atoms with Gasteiger partial charge < -0.3 is 14.2 Å². The molecular weight excluding hydrogens is 366 g/mol. The Morgan fingerprint density at radius 3 is 1.76 bits per heavy atom. The molecule has 0 saturated carbocycles. The molecule has 0 aliphatic carbocycles. The first-order chi connectivity index (χ1) is 11.3. The molecule has 0 saturated heterocycles. The molecule has 0 spiro atoms. The molecule has 0 aromatic rings. The van der Waals surface area contributed by atoms with E-state index in [-0.39, 0.29) is 7.11 Å². The first-order valence-electron chi connectivity index (χ1n) is 6.83. The lowest BCUT2D eigenvalue weighted by Crippen LogP contribution is -2.61. The second-order valence-corrected chi connectivity index (χ2v) is 4.83. The van der Waals surface area contributed by atoms with Crippen LogP contribution in [0.2, 0.25) is 0 Å². The van der Waals surface area contributed by atoms with Gasteiger partial charge >= 0.3 is 35.7 Å². The van der Waals surface area contributed by atoms with Crippen molar-refractivity contribution in [2.75, 3.05) is 20.3 Å². The first kappa shape index (κ1) is 23.0. The van der Waals surface area contributed by atoms with E-state index < -0.39 is 54.8 Å². The van der Waals surface area contributed by atoms with E-state index in [4.69, 9.17) is 0 Å². The summed E-state index contributed by atoms with van der Waals surface area (Å²) in [5.74, 6) is -25.7. The zero-order valence-electron chi connectivity index (χ0n) is 13.4. The third-order valence-corrected chi connectivity index (χ3v) is 3.06. The second kappa shape index (κ2) is 8.39. The molecule has 1 atom stereocenters. The van der Waals surface area contributed by atoms with Crippen molar-refractivity contribution in [3.05, 3.63) is 0 Å². The number of hydrogen-bond acceptors (Lipinski definition) is 6. The Balaban J connectivity index is 4.89. The molecule has 0 rings (SSSR count). The van der Waals surface area contributed by atoms with E-state index in [1.54, 1.807) is 6.92 Å². The minimum Gasteiger partial charge on any atom is -0.464 e. The van der Waals surface area contributed by atoms with E-state index in [9.17, 15) is 40.7 Å². The molecule has 1 unspecified atom stereocenters. The Kier molecular flexibility index (Phi) is 7.71. The number of carbonyl (C=O) groups is 3. The van der Waals surface area contributed by atoms with Crippen LogP contribution >= 0.6 is 0 Å². The molecular formula is C13H16F6O6. The topological polar surface area (TPSA) is 78.9 Å². The van der Waals surface area contributed by atoms with Crippen molar-refractivity contribution >= 4 is 17.9 Å². The average molecular weight is 382 g/mol. The van der Waals surface area contributed by atoms with Crippen molar-refractivity contribution in [2.24, 2.45) is 5.92 Å². The molecule has 0 aromatic heterocycles. The Bertz CT molecular complexity index is 507. The summed E-state index contributed by atoms with van der Waals surface area (Å²) in [6.45, 7) is 1.31. The van der Waals surface area contributed by atoms with E-state index >= 15 is 0 Å². The van der Waals surface area contributed by atoms with Crippen LogP contribution in [0.15, 0.2) is 0 Å². The highest BCUT2D eigenvalue weighted by molar-refractivity contribution is 5.84. The van der Waals surface area contributed by atoms with Crippen molar-refractivity contribution in [3.63, 3.8) is 0 Å². The van der Waals surface area contributed by atoms with Crippen LogP contribution in [0, 0.1) is 5.92 Å². The predicted molar refractivity (Wildman–Crippen MR) is 68.2 cm³/mol. The van der Waals surface area contributed by atoms with Crippen LogP contribution in [0.1, 0.15) is 20.3 Å². The number of carbonyl (C=O) groups excluding carboxylic acids is 3. The lowest BCUT2D eigenvalue weighted by molar-refractivity contribution is -0.300. The molecule has 0 aliphatic rings. The standard InChI is InChI=1S/C13H16F6O6/c1-4-7(2)8(20)24-5-6-25-10(22)12(16,17)13(18,19)11(14,15)9(21)23-3/h7H,4-6H2,1-3H3. The highest BCUT2D eigenvalue weighted by Gasteiger charge is 2.79. The minimum absolute atomic E-state index is 0.272. The first-order valence-corrected chi connectivity index (χ1v) is 6.83. The third kappa shape index (κ3) is 4.75. The van der Waals surface area contributed by atoms with Gasteiger partial charge in [0.25, 0.3) is 0 Å². The van der Waals surface area contributed by atoms with E-state index in [2.05, 4.69) is 14.2 Å².